The maximum absolute atomic E-state index is 12.8. The zero-order chi connectivity index (χ0) is 21.5. The van der Waals surface area contributed by atoms with E-state index < -0.39 is 22.9 Å². The van der Waals surface area contributed by atoms with Gasteiger partial charge < -0.3 is 9.52 Å². The zero-order valence-electron chi connectivity index (χ0n) is 15.3. The maximum Gasteiger partial charge on any atom is 0.416 e. The number of hydrogen-bond acceptors (Lipinski definition) is 3. The van der Waals surface area contributed by atoms with Gasteiger partial charge in [-0.25, -0.2) is 0 Å². The predicted octanol–water partition coefficient (Wildman–Crippen LogP) is 6.43. The zero-order valence-corrected chi connectivity index (χ0v) is 16.1. The SMILES string of the molecule is O=c1c(O)c(-c2ccc(C(F)(F)F)cc2)oc2c(Cc3ccccc3)cc(Cl)cc12. The fourth-order valence-electron chi connectivity index (χ4n) is 3.27. The van der Waals surface area contributed by atoms with Crippen LogP contribution in [0.5, 0.6) is 5.75 Å². The van der Waals surface area contributed by atoms with E-state index in [-0.39, 0.29) is 22.3 Å². The molecule has 0 aliphatic heterocycles. The van der Waals surface area contributed by atoms with Crippen LogP contribution in [0, 0.1) is 0 Å². The van der Waals surface area contributed by atoms with E-state index in [2.05, 4.69) is 0 Å². The van der Waals surface area contributed by atoms with Gasteiger partial charge in [0, 0.05) is 22.6 Å². The minimum atomic E-state index is -4.50. The van der Waals surface area contributed by atoms with Crippen LogP contribution < -0.4 is 5.43 Å². The van der Waals surface area contributed by atoms with Crippen LogP contribution in [0.1, 0.15) is 16.7 Å². The van der Waals surface area contributed by atoms with Crippen LogP contribution in [-0.2, 0) is 12.6 Å². The van der Waals surface area contributed by atoms with Crippen LogP contribution >= 0.6 is 11.6 Å². The molecule has 1 aromatic heterocycles. The number of benzene rings is 3. The standard InChI is InChI=1S/C23H14ClF3O3/c24-17-11-15(10-13-4-2-1-3-5-13)21-18(12-17)19(28)20(29)22(30-21)14-6-8-16(9-7-14)23(25,26)27/h1-9,11-12,29H,10H2. The first-order valence-electron chi connectivity index (χ1n) is 8.94. The Bertz CT molecular complexity index is 1280. The molecule has 4 rings (SSSR count). The quantitative estimate of drug-likeness (QED) is 0.407. The smallest absolute Gasteiger partial charge is 0.416 e. The second-order valence-electron chi connectivity index (χ2n) is 6.79. The highest BCUT2D eigenvalue weighted by Gasteiger charge is 2.30. The first kappa shape index (κ1) is 20.0. The van der Waals surface area contributed by atoms with Gasteiger partial charge in [-0.2, -0.15) is 13.2 Å². The van der Waals surface area contributed by atoms with Gasteiger partial charge in [-0.05, 0) is 29.8 Å². The normalized spacial score (nSPS) is 11.7. The maximum atomic E-state index is 12.8. The van der Waals surface area contributed by atoms with E-state index in [0.29, 0.717) is 17.0 Å². The Balaban J connectivity index is 1.90. The Kier molecular flexibility index (Phi) is 5.03. The highest BCUT2D eigenvalue weighted by atomic mass is 35.5. The van der Waals surface area contributed by atoms with Crippen LogP contribution in [-0.4, -0.2) is 5.11 Å². The van der Waals surface area contributed by atoms with Gasteiger partial charge in [-0.3, -0.25) is 4.79 Å². The molecule has 0 aliphatic carbocycles. The van der Waals surface area contributed by atoms with Gasteiger partial charge in [-0.15, -0.1) is 0 Å². The molecule has 0 saturated carbocycles. The second-order valence-corrected chi connectivity index (χ2v) is 7.22. The second kappa shape index (κ2) is 7.54. The van der Waals surface area contributed by atoms with Gasteiger partial charge in [0.05, 0.1) is 10.9 Å². The van der Waals surface area contributed by atoms with Crippen molar-refractivity contribution in [3.05, 3.63) is 98.7 Å². The van der Waals surface area contributed by atoms with Crippen molar-refractivity contribution in [1.82, 2.24) is 0 Å². The lowest BCUT2D eigenvalue weighted by Crippen LogP contribution is -2.06. The van der Waals surface area contributed by atoms with Crippen LogP contribution in [0.3, 0.4) is 0 Å². The number of fused-ring (bicyclic) bond motifs is 1. The molecule has 3 aromatic carbocycles. The van der Waals surface area contributed by atoms with Crippen molar-refractivity contribution >= 4 is 22.6 Å². The Morgan fingerprint density at radius 2 is 1.63 bits per heavy atom. The number of rotatable bonds is 3. The average molecular weight is 431 g/mol. The Morgan fingerprint density at radius 1 is 0.967 bits per heavy atom. The first-order valence-corrected chi connectivity index (χ1v) is 9.31. The Labute approximate surface area is 174 Å². The summed E-state index contributed by atoms with van der Waals surface area (Å²) in [5.41, 5.74) is 0.399. The van der Waals surface area contributed by atoms with Crippen LogP contribution in [0.4, 0.5) is 13.2 Å². The molecule has 0 amide bonds. The third kappa shape index (κ3) is 3.78. The molecule has 0 spiro atoms. The fraction of sp³-hybridized carbons (Fsp3) is 0.0870. The molecule has 0 saturated heterocycles. The van der Waals surface area contributed by atoms with E-state index in [0.717, 1.165) is 29.8 Å². The highest BCUT2D eigenvalue weighted by molar-refractivity contribution is 6.31. The van der Waals surface area contributed by atoms with Gasteiger partial charge >= 0.3 is 6.18 Å². The van der Waals surface area contributed by atoms with Crippen LogP contribution in [0.25, 0.3) is 22.3 Å². The summed E-state index contributed by atoms with van der Waals surface area (Å²) >= 11 is 6.16. The minimum absolute atomic E-state index is 0.0987. The number of hydrogen-bond donors (Lipinski definition) is 1. The van der Waals surface area contributed by atoms with Crippen LogP contribution in [0.2, 0.25) is 5.02 Å². The van der Waals surface area contributed by atoms with E-state index in [1.165, 1.54) is 6.07 Å². The summed E-state index contributed by atoms with van der Waals surface area (Å²) in [5.74, 6) is -0.881. The third-order valence-electron chi connectivity index (χ3n) is 4.72. The Morgan fingerprint density at radius 3 is 2.27 bits per heavy atom. The largest absolute Gasteiger partial charge is 0.502 e. The Hall–Kier alpha value is -3.25. The van der Waals surface area contributed by atoms with Crippen molar-refractivity contribution in [2.75, 3.05) is 0 Å². The van der Waals surface area contributed by atoms with E-state index in [9.17, 15) is 23.1 Å². The van der Waals surface area contributed by atoms with Gasteiger partial charge in [0.25, 0.3) is 0 Å². The van der Waals surface area contributed by atoms with Crippen molar-refractivity contribution in [3.8, 4) is 17.1 Å². The van der Waals surface area contributed by atoms with E-state index >= 15 is 0 Å². The van der Waals surface area contributed by atoms with E-state index in [1.807, 2.05) is 30.3 Å². The molecule has 1 heterocycles. The summed E-state index contributed by atoms with van der Waals surface area (Å²) in [6.07, 6.45) is -4.08. The van der Waals surface area contributed by atoms with Crippen molar-refractivity contribution in [2.45, 2.75) is 12.6 Å². The summed E-state index contributed by atoms with van der Waals surface area (Å²) in [6.45, 7) is 0. The van der Waals surface area contributed by atoms with E-state index in [1.54, 1.807) is 6.07 Å². The van der Waals surface area contributed by atoms with Gasteiger partial charge in [0.15, 0.2) is 5.76 Å². The first-order chi connectivity index (χ1) is 14.2. The van der Waals surface area contributed by atoms with Gasteiger partial charge in [0.2, 0.25) is 11.2 Å². The fourth-order valence-corrected chi connectivity index (χ4v) is 3.51. The number of aromatic hydroxyl groups is 1. The number of halogens is 4. The van der Waals surface area contributed by atoms with Crippen molar-refractivity contribution in [2.24, 2.45) is 0 Å². The molecule has 1 N–H and O–H groups in total. The van der Waals surface area contributed by atoms with Crippen molar-refractivity contribution in [1.29, 1.82) is 0 Å². The summed E-state index contributed by atoms with van der Waals surface area (Å²) in [4.78, 5) is 12.8. The molecule has 0 aliphatic rings. The molecule has 0 bridgehead atoms. The van der Waals surface area contributed by atoms with Gasteiger partial charge in [-0.1, -0.05) is 54.1 Å². The minimum Gasteiger partial charge on any atom is -0.502 e. The van der Waals surface area contributed by atoms with Crippen molar-refractivity contribution < 1.29 is 22.7 Å². The highest BCUT2D eigenvalue weighted by Crippen LogP contribution is 2.35. The molecule has 0 atom stereocenters. The number of alkyl halides is 3. The van der Waals surface area contributed by atoms with E-state index in [4.69, 9.17) is 16.0 Å². The molecule has 30 heavy (non-hydrogen) atoms. The molecule has 0 unspecified atom stereocenters. The van der Waals surface area contributed by atoms with Crippen molar-refractivity contribution in [3.63, 3.8) is 0 Å². The molecule has 152 valence electrons. The molecule has 0 fully saturated rings. The third-order valence-corrected chi connectivity index (χ3v) is 4.94. The van der Waals surface area contributed by atoms with Crippen LogP contribution in [0.15, 0.2) is 75.9 Å². The van der Waals surface area contributed by atoms with Gasteiger partial charge in [0.1, 0.15) is 5.58 Å². The summed E-state index contributed by atoms with van der Waals surface area (Å²) in [7, 11) is 0. The molecule has 4 aromatic rings. The lowest BCUT2D eigenvalue weighted by molar-refractivity contribution is -0.137. The molecular formula is C23H14ClF3O3. The lowest BCUT2D eigenvalue weighted by Gasteiger charge is -2.11. The molecule has 7 heteroatoms. The predicted molar refractivity (Wildman–Crippen MR) is 109 cm³/mol. The monoisotopic (exact) mass is 430 g/mol. The molecule has 0 radical (unpaired) electrons. The average Bonchev–Trinajstić information content (AvgIpc) is 2.71. The summed E-state index contributed by atoms with van der Waals surface area (Å²) in [6, 6.07) is 16.5. The molecule has 3 nitrogen and oxygen atoms in total. The molecular weight excluding hydrogens is 417 g/mol. The summed E-state index contributed by atoms with van der Waals surface area (Å²) in [5, 5.41) is 10.8. The lowest BCUT2D eigenvalue weighted by atomic mass is 10.0. The topological polar surface area (TPSA) is 50.4 Å². The summed E-state index contributed by atoms with van der Waals surface area (Å²) < 4.78 is 44.4.